The van der Waals surface area contributed by atoms with Crippen molar-refractivity contribution in [2.24, 2.45) is 0 Å². The predicted octanol–water partition coefficient (Wildman–Crippen LogP) is 1.38. The van der Waals surface area contributed by atoms with E-state index in [1.165, 1.54) is 0 Å². The van der Waals surface area contributed by atoms with Gasteiger partial charge in [0.15, 0.2) is 0 Å². The lowest BCUT2D eigenvalue weighted by Crippen LogP contribution is -2.55. The van der Waals surface area contributed by atoms with Gasteiger partial charge in [0.25, 0.3) is 0 Å². The fourth-order valence-corrected chi connectivity index (χ4v) is 1.90. The minimum Gasteiger partial charge on any atom is -0.336 e. The van der Waals surface area contributed by atoms with E-state index in [1.54, 1.807) is 12.2 Å². The number of rotatable bonds is 2. The monoisotopic (exact) mass is 230 g/mol. The van der Waals surface area contributed by atoms with E-state index in [0.717, 1.165) is 13.1 Å². The van der Waals surface area contributed by atoms with Crippen LogP contribution >= 0.6 is 11.6 Å². The van der Waals surface area contributed by atoms with Gasteiger partial charge in [0.1, 0.15) is 0 Å². The highest BCUT2D eigenvalue weighted by molar-refractivity contribution is 6.21. The molecule has 0 bridgehead atoms. The smallest absolute Gasteiger partial charge is 0.246 e. The van der Waals surface area contributed by atoms with Gasteiger partial charge >= 0.3 is 0 Å². The van der Waals surface area contributed by atoms with E-state index >= 15 is 0 Å². The number of carbonyl (C=O) groups is 1. The van der Waals surface area contributed by atoms with E-state index in [2.05, 4.69) is 19.2 Å². The summed E-state index contributed by atoms with van der Waals surface area (Å²) in [6.45, 7) is 7.55. The number of allylic oxidation sites excluding steroid dienone is 1. The first kappa shape index (κ1) is 12.5. The van der Waals surface area contributed by atoms with Crippen LogP contribution in [0.25, 0.3) is 0 Å². The Morgan fingerprint density at radius 3 is 2.47 bits per heavy atom. The number of carbonyl (C=O) groups excluding carboxylic acids is 1. The Balaban J connectivity index is 2.52. The van der Waals surface area contributed by atoms with Gasteiger partial charge in [0, 0.05) is 36.6 Å². The quantitative estimate of drug-likeness (QED) is 0.574. The van der Waals surface area contributed by atoms with Crippen molar-refractivity contribution in [1.29, 1.82) is 0 Å². The Kier molecular flexibility index (Phi) is 4.61. The largest absolute Gasteiger partial charge is 0.336 e. The first-order valence-electron chi connectivity index (χ1n) is 5.36. The number of hydrogen-bond acceptors (Lipinski definition) is 2. The van der Waals surface area contributed by atoms with Crippen LogP contribution in [0.1, 0.15) is 20.8 Å². The van der Waals surface area contributed by atoms with E-state index < -0.39 is 0 Å². The van der Waals surface area contributed by atoms with Crippen molar-refractivity contribution in [3.8, 4) is 0 Å². The number of alkyl halides is 1. The Bertz CT molecular complexity index is 243. The number of amides is 1. The van der Waals surface area contributed by atoms with Crippen LogP contribution in [0.5, 0.6) is 0 Å². The molecule has 0 saturated carbocycles. The van der Waals surface area contributed by atoms with Gasteiger partial charge in [-0.2, -0.15) is 0 Å². The van der Waals surface area contributed by atoms with Crippen molar-refractivity contribution in [3.63, 3.8) is 0 Å². The van der Waals surface area contributed by atoms with E-state index in [0.29, 0.717) is 12.1 Å². The summed E-state index contributed by atoms with van der Waals surface area (Å²) in [4.78, 5) is 13.6. The van der Waals surface area contributed by atoms with E-state index in [4.69, 9.17) is 11.6 Å². The second kappa shape index (κ2) is 5.52. The average molecular weight is 231 g/mol. The summed E-state index contributed by atoms with van der Waals surface area (Å²) < 4.78 is 0. The zero-order valence-electron chi connectivity index (χ0n) is 9.53. The highest BCUT2D eigenvalue weighted by atomic mass is 35.5. The normalized spacial score (nSPS) is 29.5. The van der Waals surface area contributed by atoms with Crippen molar-refractivity contribution in [2.45, 2.75) is 38.2 Å². The summed E-state index contributed by atoms with van der Waals surface area (Å²) in [6, 6.07) is 0.721. The number of piperazine rings is 1. The molecule has 1 saturated heterocycles. The fraction of sp³-hybridized carbons (Fsp3) is 0.727. The summed E-state index contributed by atoms with van der Waals surface area (Å²) in [6.07, 6.45) is 3.30. The molecule has 1 aliphatic rings. The van der Waals surface area contributed by atoms with Crippen LogP contribution in [0.15, 0.2) is 12.2 Å². The first-order chi connectivity index (χ1) is 6.99. The third-order valence-electron chi connectivity index (χ3n) is 2.37. The van der Waals surface area contributed by atoms with Crippen molar-refractivity contribution in [3.05, 3.63) is 12.2 Å². The van der Waals surface area contributed by atoms with Crippen LogP contribution in [0.3, 0.4) is 0 Å². The summed E-state index contributed by atoms with van der Waals surface area (Å²) >= 11 is 5.75. The molecule has 1 aliphatic heterocycles. The molecule has 1 heterocycles. The van der Waals surface area contributed by atoms with Crippen molar-refractivity contribution in [2.75, 3.05) is 13.1 Å². The summed E-state index contributed by atoms with van der Waals surface area (Å²) in [5, 5.41) is 3.29. The van der Waals surface area contributed by atoms with E-state index in [1.807, 2.05) is 11.8 Å². The maximum atomic E-state index is 11.7. The molecule has 0 aliphatic carbocycles. The van der Waals surface area contributed by atoms with Gasteiger partial charge < -0.3 is 10.2 Å². The van der Waals surface area contributed by atoms with Crippen LogP contribution < -0.4 is 5.32 Å². The topological polar surface area (TPSA) is 32.3 Å². The molecule has 3 unspecified atom stereocenters. The molecule has 3 nitrogen and oxygen atoms in total. The summed E-state index contributed by atoms with van der Waals surface area (Å²) in [7, 11) is 0. The Morgan fingerprint density at radius 2 is 2.00 bits per heavy atom. The second-order valence-corrected chi connectivity index (χ2v) is 4.94. The molecule has 1 rings (SSSR count). The maximum Gasteiger partial charge on any atom is 0.246 e. The average Bonchev–Trinajstić information content (AvgIpc) is 2.12. The van der Waals surface area contributed by atoms with Gasteiger partial charge in [-0.1, -0.05) is 6.08 Å². The van der Waals surface area contributed by atoms with Gasteiger partial charge in [0.2, 0.25) is 5.91 Å². The third kappa shape index (κ3) is 4.22. The Morgan fingerprint density at radius 1 is 1.47 bits per heavy atom. The van der Waals surface area contributed by atoms with Gasteiger partial charge in [-0.25, -0.2) is 0 Å². The molecule has 0 spiro atoms. The van der Waals surface area contributed by atoms with Gasteiger partial charge in [-0.15, -0.1) is 11.6 Å². The van der Waals surface area contributed by atoms with E-state index in [-0.39, 0.29) is 11.3 Å². The number of halogens is 1. The first-order valence-corrected chi connectivity index (χ1v) is 5.80. The highest BCUT2D eigenvalue weighted by Gasteiger charge is 2.23. The zero-order chi connectivity index (χ0) is 11.4. The summed E-state index contributed by atoms with van der Waals surface area (Å²) in [5.74, 6) is 0.0581. The predicted molar refractivity (Wildman–Crippen MR) is 63.1 cm³/mol. The standard InChI is InChI=1S/C11H19ClN2O/c1-8(12)4-5-11(15)14-6-9(2)13-10(3)7-14/h4-5,8-10,13H,6-7H2,1-3H3/b5-4+. The van der Waals surface area contributed by atoms with Crippen LogP contribution in [-0.4, -0.2) is 41.4 Å². The molecule has 4 heteroatoms. The lowest BCUT2D eigenvalue weighted by atomic mass is 10.1. The molecule has 1 amide bonds. The Labute approximate surface area is 96.5 Å². The molecule has 1 N–H and O–H groups in total. The minimum atomic E-state index is -0.0910. The van der Waals surface area contributed by atoms with Crippen molar-refractivity contribution >= 4 is 17.5 Å². The Hall–Kier alpha value is -0.540. The third-order valence-corrected chi connectivity index (χ3v) is 2.52. The molecule has 0 aromatic rings. The van der Waals surface area contributed by atoms with Crippen LogP contribution in [0, 0.1) is 0 Å². The molecule has 86 valence electrons. The highest BCUT2D eigenvalue weighted by Crippen LogP contribution is 2.05. The fourth-order valence-electron chi connectivity index (χ4n) is 1.83. The second-order valence-electron chi connectivity index (χ2n) is 4.25. The molecule has 0 aromatic carbocycles. The maximum absolute atomic E-state index is 11.7. The number of nitrogens with zero attached hydrogens (tertiary/aromatic N) is 1. The van der Waals surface area contributed by atoms with Gasteiger partial charge in [-0.3, -0.25) is 4.79 Å². The van der Waals surface area contributed by atoms with E-state index in [9.17, 15) is 4.79 Å². The molecular weight excluding hydrogens is 212 g/mol. The lowest BCUT2D eigenvalue weighted by Gasteiger charge is -2.35. The minimum absolute atomic E-state index is 0.0581. The molecule has 0 aromatic heterocycles. The molecular formula is C11H19ClN2O. The van der Waals surface area contributed by atoms with Crippen LogP contribution in [-0.2, 0) is 4.79 Å². The molecule has 15 heavy (non-hydrogen) atoms. The SMILES string of the molecule is CC(Cl)/C=C/C(=O)N1CC(C)NC(C)C1. The molecule has 3 atom stereocenters. The number of nitrogens with one attached hydrogen (secondary N) is 1. The van der Waals surface area contributed by atoms with Crippen LogP contribution in [0.2, 0.25) is 0 Å². The molecule has 0 radical (unpaired) electrons. The van der Waals surface area contributed by atoms with Crippen LogP contribution in [0.4, 0.5) is 0 Å². The lowest BCUT2D eigenvalue weighted by molar-refractivity contribution is -0.127. The van der Waals surface area contributed by atoms with Gasteiger partial charge in [0.05, 0.1) is 0 Å². The van der Waals surface area contributed by atoms with Crippen molar-refractivity contribution < 1.29 is 4.79 Å². The van der Waals surface area contributed by atoms with Gasteiger partial charge in [-0.05, 0) is 20.8 Å². The number of hydrogen-bond donors (Lipinski definition) is 1. The zero-order valence-corrected chi connectivity index (χ0v) is 10.3. The van der Waals surface area contributed by atoms with Crippen molar-refractivity contribution in [1.82, 2.24) is 10.2 Å². The summed E-state index contributed by atoms with van der Waals surface area (Å²) in [5.41, 5.74) is 0. The molecule has 1 fully saturated rings.